The Balaban J connectivity index is 1.73. The van der Waals surface area contributed by atoms with E-state index in [0.717, 1.165) is 17.0 Å². The van der Waals surface area contributed by atoms with Crippen LogP contribution in [0.3, 0.4) is 0 Å². The molecule has 5 nitrogen and oxygen atoms in total. The van der Waals surface area contributed by atoms with Crippen molar-refractivity contribution in [3.05, 3.63) is 95.6 Å². The summed E-state index contributed by atoms with van der Waals surface area (Å²) in [4.78, 5) is 13.0. The monoisotopic (exact) mass is 403 g/mol. The Bertz CT molecular complexity index is 1120. The van der Waals surface area contributed by atoms with E-state index in [0.29, 0.717) is 22.1 Å². The largest absolute Gasteiger partial charge is 0.497 e. The third-order valence-electron chi connectivity index (χ3n) is 4.43. The van der Waals surface area contributed by atoms with Crippen LogP contribution < -0.4 is 10.1 Å². The number of methoxy groups -OCH3 is 1. The molecule has 0 atom stereocenters. The van der Waals surface area contributed by atoms with Gasteiger partial charge in [0.25, 0.3) is 5.91 Å². The van der Waals surface area contributed by atoms with Crippen molar-refractivity contribution in [2.24, 2.45) is 0 Å². The molecule has 1 heterocycles. The van der Waals surface area contributed by atoms with E-state index in [4.69, 9.17) is 16.3 Å². The van der Waals surface area contributed by atoms with Gasteiger partial charge in [-0.1, -0.05) is 29.8 Å². The molecule has 6 heteroatoms. The van der Waals surface area contributed by atoms with Gasteiger partial charge in [0, 0.05) is 16.3 Å². The van der Waals surface area contributed by atoms with E-state index >= 15 is 0 Å². The minimum Gasteiger partial charge on any atom is -0.497 e. The summed E-state index contributed by atoms with van der Waals surface area (Å²) in [7, 11) is 1.62. The number of benzene rings is 3. The molecule has 4 aromatic rings. The van der Waals surface area contributed by atoms with Crippen molar-refractivity contribution in [3.8, 4) is 22.7 Å². The highest BCUT2D eigenvalue weighted by atomic mass is 35.5. The highest BCUT2D eigenvalue weighted by Gasteiger charge is 2.18. The average Bonchev–Trinajstić information content (AvgIpc) is 3.22. The minimum absolute atomic E-state index is 0.261. The van der Waals surface area contributed by atoms with Gasteiger partial charge in [-0.3, -0.25) is 4.79 Å². The number of nitrogens with one attached hydrogen (secondary N) is 1. The summed E-state index contributed by atoms with van der Waals surface area (Å²) in [6.45, 7) is 0. The number of nitrogens with zero attached hydrogens (tertiary/aromatic N) is 2. The van der Waals surface area contributed by atoms with Crippen LogP contribution >= 0.6 is 11.6 Å². The van der Waals surface area contributed by atoms with Crippen LogP contribution in [-0.4, -0.2) is 22.8 Å². The molecule has 0 fully saturated rings. The smallest absolute Gasteiger partial charge is 0.274 e. The third-order valence-corrected chi connectivity index (χ3v) is 4.68. The summed E-state index contributed by atoms with van der Waals surface area (Å²) in [5.41, 5.74) is 3.47. The number of carbonyl (C=O) groups is 1. The highest BCUT2D eigenvalue weighted by molar-refractivity contribution is 6.30. The van der Waals surface area contributed by atoms with Gasteiger partial charge >= 0.3 is 0 Å². The molecule has 0 aliphatic rings. The lowest BCUT2D eigenvalue weighted by Crippen LogP contribution is -2.16. The number of rotatable bonds is 5. The summed E-state index contributed by atoms with van der Waals surface area (Å²) in [5, 5.41) is 8.19. The predicted octanol–water partition coefficient (Wildman–Crippen LogP) is 5.45. The van der Waals surface area contributed by atoms with E-state index in [1.807, 2.05) is 54.6 Å². The molecule has 0 aliphatic carbocycles. The van der Waals surface area contributed by atoms with E-state index in [1.165, 1.54) is 0 Å². The van der Waals surface area contributed by atoms with Crippen molar-refractivity contribution in [2.75, 3.05) is 12.4 Å². The summed E-state index contributed by atoms with van der Waals surface area (Å²) < 4.78 is 6.86. The SMILES string of the molecule is COc1ccc(-c2cc(C(=O)Nc3ccc(Cl)cc3)n(-c3ccccc3)n2)cc1. The zero-order chi connectivity index (χ0) is 20.2. The molecule has 3 aromatic carbocycles. The Morgan fingerprint density at radius 1 is 0.966 bits per heavy atom. The van der Waals surface area contributed by atoms with Gasteiger partial charge < -0.3 is 10.1 Å². The average molecular weight is 404 g/mol. The molecule has 0 unspecified atom stereocenters. The minimum atomic E-state index is -0.261. The first-order valence-corrected chi connectivity index (χ1v) is 9.39. The van der Waals surface area contributed by atoms with Gasteiger partial charge in [0.2, 0.25) is 0 Å². The van der Waals surface area contributed by atoms with Crippen LogP contribution in [0.2, 0.25) is 5.02 Å². The van der Waals surface area contributed by atoms with Gasteiger partial charge in [-0.2, -0.15) is 5.10 Å². The van der Waals surface area contributed by atoms with Crippen LogP contribution in [0.25, 0.3) is 16.9 Å². The predicted molar refractivity (Wildman–Crippen MR) is 115 cm³/mol. The van der Waals surface area contributed by atoms with Gasteiger partial charge in [0.05, 0.1) is 18.5 Å². The zero-order valence-electron chi connectivity index (χ0n) is 15.7. The van der Waals surface area contributed by atoms with Gasteiger partial charge in [-0.15, -0.1) is 0 Å². The molecule has 1 amide bonds. The van der Waals surface area contributed by atoms with Gasteiger partial charge in [-0.25, -0.2) is 4.68 Å². The molecule has 144 valence electrons. The van der Waals surface area contributed by atoms with E-state index in [1.54, 1.807) is 42.1 Å². The maximum atomic E-state index is 13.0. The molecule has 1 N–H and O–H groups in total. The fourth-order valence-corrected chi connectivity index (χ4v) is 3.07. The Morgan fingerprint density at radius 2 is 1.66 bits per heavy atom. The summed E-state index contributed by atoms with van der Waals surface area (Å²) in [5.74, 6) is 0.500. The molecular formula is C23H18ClN3O2. The number of aromatic nitrogens is 2. The lowest BCUT2D eigenvalue weighted by Gasteiger charge is -2.08. The van der Waals surface area contributed by atoms with Gasteiger partial charge in [0.15, 0.2) is 0 Å². The molecule has 0 saturated heterocycles. The Kier molecular flexibility index (Phi) is 5.31. The summed E-state index contributed by atoms with van der Waals surface area (Å²) in [6, 6.07) is 25.9. The Labute approximate surface area is 173 Å². The van der Waals surface area contributed by atoms with Crippen LogP contribution in [0.1, 0.15) is 10.5 Å². The maximum Gasteiger partial charge on any atom is 0.274 e. The number of ether oxygens (including phenoxy) is 1. The van der Waals surface area contributed by atoms with E-state index < -0.39 is 0 Å². The molecular weight excluding hydrogens is 386 g/mol. The second kappa shape index (κ2) is 8.20. The third kappa shape index (κ3) is 4.15. The molecule has 0 spiro atoms. The second-order valence-corrected chi connectivity index (χ2v) is 6.79. The fraction of sp³-hybridized carbons (Fsp3) is 0.0435. The summed E-state index contributed by atoms with van der Waals surface area (Å²) >= 11 is 5.93. The maximum absolute atomic E-state index is 13.0. The molecule has 0 aliphatic heterocycles. The number of anilines is 1. The van der Waals surface area contributed by atoms with Crippen molar-refractivity contribution < 1.29 is 9.53 Å². The highest BCUT2D eigenvalue weighted by Crippen LogP contribution is 2.25. The first kappa shape index (κ1) is 18.8. The van der Waals surface area contributed by atoms with Crippen LogP contribution in [0.15, 0.2) is 84.9 Å². The van der Waals surface area contributed by atoms with E-state index in [9.17, 15) is 4.79 Å². The number of carbonyl (C=O) groups excluding carboxylic acids is 1. The normalized spacial score (nSPS) is 10.6. The Hall–Kier alpha value is -3.57. The number of halogens is 1. The van der Waals surface area contributed by atoms with Crippen LogP contribution in [-0.2, 0) is 0 Å². The van der Waals surface area contributed by atoms with Crippen molar-refractivity contribution in [1.82, 2.24) is 9.78 Å². The standard InChI is InChI=1S/C23H18ClN3O2/c1-29-20-13-7-16(8-14-20)21-15-22(27(26-21)19-5-3-2-4-6-19)23(28)25-18-11-9-17(24)10-12-18/h2-15H,1H3,(H,25,28). The quantitative estimate of drug-likeness (QED) is 0.481. The molecule has 29 heavy (non-hydrogen) atoms. The van der Waals surface area contributed by atoms with Gasteiger partial charge in [0.1, 0.15) is 11.4 Å². The second-order valence-electron chi connectivity index (χ2n) is 6.35. The lowest BCUT2D eigenvalue weighted by molar-refractivity contribution is 0.101. The fourth-order valence-electron chi connectivity index (χ4n) is 2.94. The van der Waals surface area contributed by atoms with Crippen LogP contribution in [0.4, 0.5) is 5.69 Å². The van der Waals surface area contributed by atoms with Crippen LogP contribution in [0, 0.1) is 0 Å². The van der Waals surface area contributed by atoms with Crippen molar-refractivity contribution in [1.29, 1.82) is 0 Å². The first-order valence-electron chi connectivity index (χ1n) is 9.01. The topological polar surface area (TPSA) is 56.1 Å². The number of hydrogen-bond acceptors (Lipinski definition) is 3. The zero-order valence-corrected chi connectivity index (χ0v) is 16.4. The van der Waals surface area contributed by atoms with Crippen molar-refractivity contribution >= 4 is 23.2 Å². The van der Waals surface area contributed by atoms with E-state index in [2.05, 4.69) is 10.4 Å². The number of hydrogen-bond donors (Lipinski definition) is 1. The molecule has 0 saturated carbocycles. The molecule has 0 bridgehead atoms. The van der Waals surface area contributed by atoms with Gasteiger partial charge in [-0.05, 0) is 66.7 Å². The Morgan fingerprint density at radius 3 is 2.31 bits per heavy atom. The molecule has 0 radical (unpaired) electrons. The summed E-state index contributed by atoms with van der Waals surface area (Å²) in [6.07, 6.45) is 0. The molecule has 1 aromatic heterocycles. The van der Waals surface area contributed by atoms with Crippen LogP contribution in [0.5, 0.6) is 5.75 Å². The number of para-hydroxylation sites is 1. The van der Waals surface area contributed by atoms with Crippen molar-refractivity contribution in [3.63, 3.8) is 0 Å². The lowest BCUT2D eigenvalue weighted by atomic mass is 10.1. The van der Waals surface area contributed by atoms with Crippen molar-refractivity contribution in [2.45, 2.75) is 0 Å². The number of amides is 1. The van der Waals surface area contributed by atoms with E-state index in [-0.39, 0.29) is 5.91 Å². The first-order chi connectivity index (χ1) is 14.1. The molecule has 4 rings (SSSR count).